The number of azo groups is 1. The molecule has 0 aliphatic carbocycles. The van der Waals surface area contributed by atoms with Crippen LogP contribution in [0.2, 0.25) is 0 Å². The molecule has 0 saturated heterocycles. The molecular formula is C23H20N5NaO6S2. The van der Waals surface area contributed by atoms with Gasteiger partial charge in [-0.2, -0.15) is 20.3 Å². The molecule has 0 aromatic heterocycles. The maximum absolute atomic E-state index is 12.9. The number of aryl methyl sites for hydroxylation is 1. The van der Waals surface area contributed by atoms with Crippen LogP contribution in [-0.4, -0.2) is 39.0 Å². The van der Waals surface area contributed by atoms with Gasteiger partial charge >= 0.3 is 29.6 Å². The minimum Gasteiger partial charge on any atom is -0.744 e. The van der Waals surface area contributed by atoms with E-state index in [4.69, 9.17) is 0 Å². The maximum Gasteiger partial charge on any atom is 1.00 e. The van der Waals surface area contributed by atoms with Gasteiger partial charge in [0.05, 0.1) is 26.9 Å². The molecular weight excluding hydrogens is 529 g/mol. The van der Waals surface area contributed by atoms with Gasteiger partial charge in [0, 0.05) is 5.69 Å². The summed E-state index contributed by atoms with van der Waals surface area (Å²) in [6.07, 6.45) is 0. The van der Waals surface area contributed by atoms with Gasteiger partial charge in [-0.05, 0) is 67.9 Å². The van der Waals surface area contributed by atoms with Gasteiger partial charge in [-0.15, -0.1) is 0 Å². The Morgan fingerprint density at radius 3 is 2.22 bits per heavy atom. The van der Waals surface area contributed by atoms with E-state index in [1.54, 1.807) is 56.3 Å². The molecule has 3 aromatic rings. The summed E-state index contributed by atoms with van der Waals surface area (Å²) in [6.45, 7) is 3.23. The fraction of sp³-hybridized carbons (Fsp3) is 0.130. The second-order valence-corrected chi connectivity index (χ2v) is 10.9. The van der Waals surface area contributed by atoms with E-state index < -0.39 is 37.0 Å². The first-order valence-corrected chi connectivity index (χ1v) is 13.4. The summed E-state index contributed by atoms with van der Waals surface area (Å²) in [5.74, 6) is -0.542. The third-order valence-electron chi connectivity index (χ3n) is 5.24. The average Bonchev–Trinajstić information content (AvgIpc) is 3.11. The Morgan fingerprint density at radius 1 is 0.946 bits per heavy atom. The maximum atomic E-state index is 12.9. The summed E-state index contributed by atoms with van der Waals surface area (Å²) in [5, 5.41) is 13.3. The molecule has 0 bridgehead atoms. The standard InChI is InChI=1S/C23H21N5O6S2.Na/c1-15-8-9-18(14-21(15)35(30,31)27-17-6-4-3-5-7-17)24-25-22-16(2)26-28(23(22)29)19-10-12-20(13-11-19)36(32,33)34;/h3-14,22,27H,1-2H3,(H,32,33,34);/q;+1/p-1. The van der Waals surface area contributed by atoms with E-state index in [0.29, 0.717) is 17.0 Å². The molecule has 1 atom stereocenters. The minimum absolute atomic E-state index is 0. The number of hydrogen-bond donors (Lipinski definition) is 1. The van der Waals surface area contributed by atoms with Crippen LogP contribution in [-0.2, 0) is 24.9 Å². The molecule has 11 nitrogen and oxygen atoms in total. The van der Waals surface area contributed by atoms with Crippen molar-refractivity contribution in [2.24, 2.45) is 15.3 Å². The molecule has 0 fully saturated rings. The van der Waals surface area contributed by atoms with E-state index in [-0.39, 0.29) is 45.8 Å². The van der Waals surface area contributed by atoms with Crippen LogP contribution in [0.3, 0.4) is 0 Å². The second kappa shape index (κ2) is 11.2. The Hall–Kier alpha value is -2.94. The third kappa shape index (κ3) is 6.50. The molecule has 0 spiro atoms. The number of hydrogen-bond acceptors (Lipinski definition) is 9. The molecule has 14 heteroatoms. The number of amides is 1. The Kier molecular flexibility index (Phi) is 8.67. The largest absolute Gasteiger partial charge is 1.00 e. The van der Waals surface area contributed by atoms with Crippen LogP contribution < -0.4 is 39.3 Å². The number of anilines is 2. The van der Waals surface area contributed by atoms with E-state index in [0.717, 1.165) is 17.1 Å². The number of nitrogens with zero attached hydrogens (tertiary/aromatic N) is 4. The summed E-state index contributed by atoms with van der Waals surface area (Å²) in [5.41, 5.74) is 1.71. The number of carbonyl (C=O) groups is 1. The van der Waals surface area contributed by atoms with Gasteiger partial charge in [0.2, 0.25) is 0 Å². The number of nitrogens with one attached hydrogen (secondary N) is 1. The van der Waals surface area contributed by atoms with E-state index in [9.17, 15) is 26.2 Å². The van der Waals surface area contributed by atoms with Gasteiger partial charge in [-0.25, -0.2) is 16.8 Å². The molecule has 3 aromatic carbocycles. The van der Waals surface area contributed by atoms with Crippen LogP contribution in [0, 0.1) is 6.92 Å². The second-order valence-electron chi connectivity index (χ2n) is 7.88. The van der Waals surface area contributed by atoms with Crippen LogP contribution in [0.5, 0.6) is 0 Å². The smallest absolute Gasteiger partial charge is 0.744 e. The molecule has 1 aliphatic rings. The molecule has 1 heterocycles. The molecule has 1 unspecified atom stereocenters. The van der Waals surface area contributed by atoms with Crippen molar-refractivity contribution in [2.75, 3.05) is 9.73 Å². The minimum atomic E-state index is -4.62. The molecule has 37 heavy (non-hydrogen) atoms. The molecule has 1 amide bonds. The fourth-order valence-electron chi connectivity index (χ4n) is 3.41. The van der Waals surface area contributed by atoms with Crippen molar-refractivity contribution in [1.29, 1.82) is 0 Å². The normalized spacial score (nSPS) is 16.0. The predicted octanol–water partition coefficient (Wildman–Crippen LogP) is 0.579. The summed E-state index contributed by atoms with van der Waals surface area (Å²) in [7, 11) is -8.52. The summed E-state index contributed by atoms with van der Waals surface area (Å²) >= 11 is 0. The van der Waals surface area contributed by atoms with Crippen LogP contribution in [0.4, 0.5) is 17.1 Å². The van der Waals surface area contributed by atoms with Gasteiger partial charge < -0.3 is 4.55 Å². The van der Waals surface area contributed by atoms with Crippen LogP contribution >= 0.6 is 0 Å². The predicted molar refractivity (Wildman–Crippen MR) is 132 cm³/mol. The van der Waals surface area contributed by atoms with Crippen molar-refractivity contribution < 1.29 is 55.7 Å². The Morgan fingerprint density at radius 2 is 1.59 bits per heavy atom. The van der Waals surface area contributed by atoms with Gasteiger partial charge in [-0.3, -0.25) is 9.52 Å². The van der Waals surface area contributed by atoms with E-state index in [1.807, 2.05) is 0 Å². The van der Waals surface area contributed by atoms with Crippen molar-refractivity contribution in [3.05, 3.63) is 78.4 Å². The zero-order valence-electron chi connectivity index (χ0n) is 20.1. The topological polar surface area (TPSA) is 161 Å². The number of hydrazone groups is 1. The zero-order valence-corrected chi connectivity index (χ0v) is 23.7. The molecule has 186 valence electrons. The number of rotatable bonds is 7. The van der Waals surface area contributed by atoms with Crippen molar-refractivity contribution in [3.63, 3.8) is 0 Å². The number of sulfonamides is 1. The van der Waals surface area contributed by atoms with Gasteiger partial charge in [0.15, 0.2) is 6.04 Å². The average molecular weight is 550 g/mol. The Bertz CT molecular complexity index is 1590. The SMILES string of the molecule is CC1=NN(c2ccc(S(=O)(=O)[O-])cc2)C(=O)C1N=Nc1ccc(C)c(S(=O)(=O)Nc2ccccc2)c1.[Na+]. The van der Waals surface area contributed by atoms with Crippen molar-refractivity contribution in [1.82, 2.24) is 0 Å². The third-order valence-corrected chi connectivity index (χ3v) is 7.61. The Balaban J connectivity index is 0.00000380. The zero-order chi connectivity index (χ0) is 26.1. The first-order valence-electron chi connectivity index (χ1n) is 10.5. The van der Waals surface area contributed by atoms with E-state index in [2.05, 4.69) is 20.1 Å². The van der Waals surface area contributed by atoms with Crippen molar-refractivity contribution in [2.45, 2.75) is 29.7 Å². The molecule has 1 aliphatic heterocycles. The molecule has 4 rings (SSSR count). The van der Waals surface area contributed by atoms with Gasteiger partial charge in [0.25, 0.3) is 15.9 Å². The summed E-state index contributed by atoms with van der Waals surface area (Å²) < 4.78 is 61.7. The molecule has 0 saturated carbocycles. The van der Waals surface area contributed by atoms with Gasteiger partial charge in [0.1, 0.15) is 10.1 Å². The van der Waals surface area contributed by atoms with Crippen molar-refractivity contribution in [3.8, 4) is 0 Å². The number of carbonyl (C=O) groups excluding carboxylic acids is 1. The van der Waals surface area contributed by atoms with E-state index >= 15 is 0 Å². The first-order chi connectivity index (χ1) is 17.0. The molecule has 1 N–H and O–H groups in total. The van der Waals surface area contributed by atoms with Crippen LogP contribution in [0.15, 0.2) is 97.9 Å². The van der Waals surface area contributed by atoms with Gasteiger partial charge in [-0.1, -0.05) is 24.3 Å². The van der Waals surface area contributed by atoms with Crippen LogP contribution in [0.25, 0.3) is 0 Å². The monoisotopic (exact) mass is 549 g/mol. The number of benzene rings is 3. The Labute approximate surface area is 236 Å². The van der Waals surface area contributed by atoms with Crippen molar-refractivity contribution >= 4 is 48.8 Å². The number of para-hydroxylation sites is 1. The first kappa shape index (κ1) is 28.6. The van der Waals surface area contributed by atoms with Crippen LogP contribution in [0.1, 0.15) is 12.5 Å². The summed E-state index contributed by atoms with van der Waals surface area (Å²) in [6, 6.07) is 16.7. The molecule has 0 radical (unpaired) electrons. The fourth-order valence-corrected chi connectivity index (χ4v) is 5.20. The van der Waals surface area contributed by atoms with E-state index in [1.165, 1.54) is 18.2 Å². The summed E-state index contributed by atoms with van der Waals surface area (Å²) in [4.78, 5) is 12.5. The quantitative estimate of drug-likeness (QED) is 0.258.